The lowest BCUT2D eigenvalue weighted by atomic mass is 10.1. The molecule has 0 N–H and O–H groups in total. The molecule has 28 heavy (non-hydrogen) atoms. The molecule has 0 aliphatic rings. The van der Waals surface area contributed by atoms with Crippen LogP contribution in [0.5, 0.6) is 0 Å². The first kappa shape index (κ1) is 28.3. The maximum atomic E-state index is 5.17. The first-order valence-corrected chi connectivity index (χ1v) is 13.6. The van der Waals surface area contributed by atoms with Crippen molar-refractivity contribution in [1.82, 2.24) is 0 Å². The SMILES string of the molecule is CCCCCCCCCC[N+](C)(CCCCCCCCCC)CCCSOC. The third kappa shape index (κ3) is 19.6. The molecule has 0 aliphatic carbocycles. The van der Waals surface area contributed by atoms with Crippen LogP contribution in [0.25, 0.3) is 0 Å². The van der Waals surface area contributed by atoms with Crippen LogP contribution >= 0.6 is 12.0 Å². The molecule has 0 fully saturated rings. The molecule has 0 radical (unpaired) electrons. The molecule has 0 heterocycles. The summed E-state index contributed by atoms with van der Waals surface area (Å²) >= 11 is 1.62. The van der Waals surface area contributed by atoms with Gasteiger partial charge in [-0.25, -0.2) is 0 Å². The minimum Gasteiger partial charge on any atom is -0.326 e. The summed E-state index contributed by atoms with van der Waals surface area (Å²) in [5.74, 6) is 1.14. The zero-order chi connectivity index (χ0) is 20.8. The number of hydrogen-bond acceptors (Lipinski definition) is 2. The van der Waals surface area contributed by atoms with Crippen LogP contribution in [-0.4, -0.2) is 44.0 Å². The van der Waals surface area contributed by atoms with Gasteiger partial charge in [-0.2, -0.15) is 0 Å². The number of rotatable bonds is 23. The third-order valence-electron chi connectivity index (χ3n) is 6.15. The zero-order valence-electron chi connectivity index (χ0n) is 20.1. The van der Waals surface area contributed by atoms with Gasteiger partial charge < -0.3 is 8.67 Å². The van der Waals surface area contributed by atoms with Gasteiger partial charge in [-0.15, -0.1) is 0 Å². The number of hydrogen-bond donors (Lipinski definition) is 0. The van der Waals surface area contributed by atoms with E-state index in [0.29, 0.717) is 0 Å². The van der Waals surface area contributed by atoms with E-state index in [-0.39, 0.29) is 0 Å². The highest BCUT2D eigenvalue weighted by atomic mass is 32.2. The zero-order valence-corrected chi connectivity index (χ0v) is 20.9. The Labute approximate surface area is 183 Å². The van der Waals surface area contributed by atoms with Crippen LogP contribution in [0.4, 0.5) is 0 Å². The Balaban J connectivity index is 3.94. The molecule has 0 rings (SSSR count). The summed E-state index contributed by atoms with van der Waals surface area (Å²) in [6, 6.07) is 0. The molecule has 0 unspecified atom stereocenters. The predicted molar refractivity (Wildman–Crippen MR) is 130 cm³/mol. The Hall–Kier alpha value is 0.270. The summed E-state index contributed by atoms with van der Waals surface area (Å²) in [4.78, 5) is 0. The van der Waals surface area contributed by atoms with Gasteiger partial charge in [0, 0.05) is 12.2 Å². The van der Waals surface area contributed by atoms with Crippen molar-refractivity contribution in [2.75, 3.05) is 39.5 Å². The standard InChI is InChI=1S/C25H54NOS/c1-5-7-9-11-13-15-17-19-22-26(3,24-21-25-28-27-4)23-20-18-16-14-12-10-8-6-2/h5-25H2,1-4H3/q+1. The molecular formula is C25H54NOS+. The first-order valence-electron chi connectivity index (χ1n) is 12.7. The van der Waals surface area contributed by atoms with Gasteiger partial charge in [-0.05, 0) is 37.7 Å². The molecule has 3 heteroatoms. The average molecular weight is 417 g/mol. The molecule has 170 valence electrons. The van der Waals surface area contributed by atoms with Gasteiger partial charge in [-0.3, -0.25) is 0 Å². The van der Waals surface area contributed by atoms with Gasteiger partial charge in [-0.1, -0.05) is 90.9 Å². The van der Waals surface area contributed by atoms with E-state index in [2.05, 4.69) is 20.9 Å². The van der Waals surface area contributed by atoms with Crippen molar-refractivity contribution >= 4 is 12.0 Å². The first-order chi connectivity index (χ1) is 13.7. The Morgan fingerprint density at radius 1 is 0.536 bits per heavy atom. The average Bonchev–Trinajstić information content (AvgIpc) is 2.69. The maximum Gasteiger partial charge on any atom is 0.0793 e. The Morgan fingerprint density at radius 2 is 0.893 bits per heavy atom. The van der Waals surface area contributed by atoms with Crippen molar-refractivity contribution in [1.29, 1.82) is 0 Å². The van der Waals surface area contributed by atoms with Crippen LogP contribution in [0.15, 0.2) is 0 Å². The van der Waals surface area contributed by atoms with Crippen molar-refractivity contribution < 1.29 is 8.67 Å². The highest BCUT2D eigenvalue weighted by Crippen LogP contribution is 2.16. The van der Waals surface area contributed by atoms with E-state index in [1.165, 1.54) is 133 Å². The molecule has 0 saturated carbocycles. The van der Waals surface area contributed by atoms with Crippen molar-refractivity contribution in [2.24, 2.45) is 0 Å². The number of unbranched alkanes of at least 4 members (excludes halogenated alkanes) is 14. The Morgan fingerprint density at radius 3 is 1.29 bits per heavy atom. The predicted octanol–water partition coefficient (Wildman–Crippen LogP) is 8.40. The largest absolute Gasteiger partial charge is 0.326 e. The van der Waals surface area contributed by atoms with Gasteiger partial charge in [0.1, 0.15) is 0 Å². The molecule has 0 aromatic rings. The van der Waals surface area contributed by atoms with E-state index >= 15 is 0 Å². The van der Waals surface area contributed by atoms with Crippen LogP contribution in [-0.2, 0) is 4.18 Å². The fourth-order valence-electron chi connectivity index (χ4n) is 4.18. The highest BCUT2D eigenvalue weighted by molar-refractivity contribution is 7.94. The summed E-state index contributed by atoms with van der Waals surface area (Å²) in [5.41, 5.74) is 0. The molecule has 0 saturated heterocycles. The topological polar surface area (TPSA) is 9.23 Å². The van der Waals surface area contributed by atoms with Crippen LogP contribution in [0.2, 0.25) is 0 Å². The fourth-order valence-corrected chi connectivity index (χ4v) is 4.59. The molecule has 0 aromatic carbocycles. The lowest BCUT2D eigenvalue weighted by molar-refractivity contribution is -0.910. The molecule has 0 aromatic heterocycles. The molecule has 0 aliphatic heterocycles. The van der Waals surface area contributed by atoms with E-state index in [0.717, 1.165) is 5.75 Å². The smallest absolute Gasteiger partial charge is 0.0793 e. The number of nitrogens with zero attached hydrogens (tertiary/aromatic N) is 1. The highest BCUT2D eigenvalue weighted by Gasteiger charge is 2.20. The van der Waals surface area contributed by atoms with E-state index < -0.39 is 0 Å². The molecule has 0 spiro atoms. The second-order valence-corrected chi connectivity index (χ2v) is 10.1. The summed E-state index contributed by atoms with van der Waals surface area (Å²) in [5, 5.41) is 0. The van der Waals surface area contributed by atoms with E-state index in [1.807, 2.05) is 0 Å². The van der Waals surface area contributed by atoms with Gasteiger partial charge in [0.2, 0.25) is 0 Å². The van der Waals surface area contributed by atoms with E-state index in [4.69, 9.17) is 4.18 Å². The van der Waals surface area contributed by atoms with Crippen molar-refractivity contribution in [3.8, 4) is 0 Å². The second-order valence-electron chi connectivity index (χ2n) is 9.08. The Bertz CT molecular complexity index is 278. The molecule has 0 bridgehead atoms. The molecular weight excluding hydrogens is 362 g/mol. The van der Waals surface area contributed by atoms with Gasteiger partial charge in [0.25, 0.3) is 0 Å². The normalized spacial score (nSPS) is 12.0. The summed E-state index contributed by atoms with van der Waals surface area (Å²) < 4.78 is 6.46. The van der Waals surface area contributed by atoms with Crippen molar-refractivity contribution in [2.45, 2.75) is 123 Å². The Kier molecular flexibility index (Phi) is 22.2. The fraction of sp³-hybridized carbons (Fsp3) is 1.00. The third-order valence-corrected chi connectivity index (χ3v) is 6.84. The van der Waals surface area contributed by atoms with Crippen molar-refractivity contribution in [3.05, 3.63) is 0 Å². The quantitative estimate of drug-likeness (QED) is 0.0939. The van der Waals surface area contributed by atoms with Crippen LogP contribution < -0.4 is 0 Å². The lowest BCUT2D eigenvalue weighted by Crippen LogP contribution is -2.46. The number of quaternary nitrogens is 1. The van der Waals surface area contributed by atoms with Gasteiger partial charge in [0.05, 0.1) is 33.8 Å². The van der Waals surface area contributed by atoms with Crippen LogP contribution in [0.3, 0.4) is 0 Å². The van der Waals surface area contributed by atoms with E-state index in [9.17, 15) is 0 Å². The monoisotopic (exact) mass is 416 g/mol. The summed E-state index contributed by atoms with van der Waals surface area (Å²) in [6.45, 7) is 8.68. The molecule has 2 nitrogen and oxygen atoms in total. The summed E-state index contributed by atoms with van der Waals surface area (Å²) in [7, 11) is 4.31. The van der Waals surface area contributed by atoms with Crippen LogP contribution in [0, 0.1) is 0 Å². The minimum atomic E-state index is 1.14. The molecule has 0 atom stereocenters. The van der Waals surface area contributed by atoms with E-state index in [1.54, 1.807) is 19.2 Å². The van der Waals surface area contributed by atoms with Gasteiger partial charge in [0.15, 0.2) is 0 Å². The van der Waals surface area contributed by atoms with Gasteiger partial charge >= 0.3 is 0 Å². The molecule has 0 amide bonds. The second kappa shape index (κ2) is 22.0. The maximum absolute atomic E-state index is 5.17. The minimum absolute atomic E-state index is 1.14. The lowest BCUT2D eigenvalue weighted by Gasteiger charge is -2.35. The van der Waals surface area contributed by atoms with Crippen LogP contribution in [0.1, 0.15) is 123 Å². The summed E-state index contributed by atoms with van der Waals surface area (Å²) in [6.07, 6.45) is 24.1. The van der Waals surface area contributed by atoms with Crippen molar-refractivity contribution in [3.63, 3.8) is 0 Å².